The van der Waals surface area contributed by atoms with Gasteiger partial charge in [-0.1, -0.05) is 280 Å². The molecule has 0 atom stereocenters. The van der Waals surface area contributed by atoms with E-state index in [1.54, 1.807) is 0 Å². The molecule has 0 bridgehead atoms. The van der Waals surface area contributed by atoms with Crippen molar-refractivity contribution in [3.05, 3.63) is 321 Å². The minimum atomic E-state index is -3.09. The molecule has 5 nitrogen and oxygen atoms in total. The Bertz CT molecular complexity index is 4540. The normalized spacial score (nSPS) is 12.9. The second-order valence-corrected chi connectivity index (χ2v) is 34.9. The van der Waals surface area contributed by atoms with E-state index in [-0.39, 0.29) is 37.3 Å². The van der Waals surface area contributed by atoms with Crippen molar-refractivity contribution in [2.45, 2.75) is 78.6 Å². The molecule has 0 aliphatic carbocycles. The van der Waals surface area contributed by atoms with Crippen molar-refractivity contribution in [2.75, 3.05) is 9.80 Å². The van der Waals surface area contributed by atoms with Crippen LogP contribution in [0.5, 0.6) is 11.5 Å². The van der Waals surface area contributed by atoms with Crippen LogP contribution in [0.1, 0.15) is 79.0 Å². The molecule has 0 fully saturated rings. The zero-order chi connectivity index (χ0) is 62.7. The average molecular weight is 1410 g/mol. The van der Waals surface area contributed by atoms with Crippen LogP contribution in [0.4, 0.5) is 22.7 Å². The van der Waals surface area contributed by atoms with Crippen molar-refractivity contribution >= 4 is 102 Å². The van der Waals surface area contributed by atoms with Gasteiger partial charge in [-0.2, -0.15) is 12.1 Å². The fraction of sp³-hybridized carbons (Fsp3) is 0.143. The molecule has 11 aromatic carbocycles. The van der Waals surface area contributed by atoms with Crippen molar-refractivity contribution < 1.29 is 25.8 Å². The van der Waals surface area contributed by atoms with Gasteiger partial charge in [0.1, 0.15) is 5.82 Å². The predicted molar refractivity (Wildman–Crippen MR) is 388 cm³/mol. The van der Waals surface area contributed by atoms with E-state index in [1.165, 1.54) is 58.2 Å². The zero-order valence-corrected chi connectivity index (χ0v) is 58.0. The number of anilines is 4. The molecule has 0 spiro atoms. The first-order valence-corrected chi connectivity index (χ1v) is 35.8. The summed E-state index contributed by atoms with van der Waals surface area (Å²) in [5, 5.41) is 12.7. The number of benzene rings is 11. The Hall–Kier alpha value is -9.11. The van der Waals surface area contributed by atoms with Crippen LogP contribution in [0, 0.1) is 18.8 Å². The maximum Gasteiger partial charge on any atom is 0.181 e. The maximum absolute atomic E-state index is 7.08. The Kier molecular flexibility index (Phi) is 16.4. The second-order valence-electron chi connectivity index (χ2n) is 27.3. The Balaban J connectivity index is 0.00000773. The minimum absolute atomic E-state index is 0. The monoisotopic (exact) mass is 1410 g/mol. The molecule has 1 aliphatic rings. The van der Waals surface area contributed by atoms with Gasteiger partial charge in [0.2, 0.25) is 0 Å². The topological polar surface area (TPSA) is 33.5 Å². The third-order valence-corrected chi connectivity index (χ3v) is 28.1. The van der Waals surface area contributed by atoms with Crippen LogP contribution in [0.15, 0.2) is 285 Å². The van der Waals surface area contributed by atoms with Crippen LogP contribution in [-0.4, -0.2) is 25.7 Å². The molecule has 458 valence electrons. The van der Waals surface area contributed by atoms with Gasteiger partial charge in [0.05, 0.1) is 0 Å². The number of para-hydroxylation sites is 1. The SMILES string of the molecule is CC(C)(C)c1cc(N2[CH-]N(c3[c-]c(Oc4[c-]c5c(cc4)c4cc([Si](c6ccccc6)(c6ccccc6)c6ccccc6)ccc4n5-c4cc(C(C)(C)C)ccn4)ccc3)c3cccc([Si](c4ccccc4)(c4ccccc4)c4ccccc4)c32)cc(C(C)(C)C)c1.[Pt]. The van der Waals surface area contributed by atoms with Gasteiger partial charge in [-0.15, -0.1) is 48.1 Å². The van der Waals surface area contributed by atoms with Crippen LogP contribution in [0.25, 0.3) is 27.6 Å². The molecule has 14 rings (SSSR count). The number of nitrogens with zero attached hydrogens (tertiary/aromatic N) is 4. The number of fused-ring (bicyclic) bond motifs is 4. The molecular formula is C84H75N4OPtSi2-3. The summed E-state index contributed by atoms with van der Waals surface area (Å²) in [5.74, 6) is 1.98. The van der Waals surface area contributed by atoms with Crippen LogP contribution >= 0.6 is 0 Å². The van der Waals surface area contributed by atoms with Gasteiger partial charge in [0.15, 0.2) is 16.1 Å². The van der Waals surface area contributed by atoms with E-state index in [1.807, 2.05) is 12.3 Å². The van der Waals surface area contributed by atoms with E-state index in [0.717, 1.165) is 50.4 Å². The summed E-state index contributed by atoms with van der Waals surface area (Å²) < 4.78 is 9.35. The summed E-state index contributed by atoms with van der Waals surface area (Å²) in [6.07, 6.45) is 1.94. The third kappa shape index (κ3) is 11.0. The van der Waals surface area contributed by atoms with Gasteiger partial charge in [-0.25, -0.2) is 4.98 Å². The van der Waals surface area contributed by atoms with E-state index in [9.17, 15) is 0 Å². The van der Waals surface area contributed by atoms with E-state index in [4.69, 9.17) is 9.72 Å². The number of pyridine rings is 1. The van der Waals surface area contributed by atoms with Crippen molar-refractivity contribution in [1.29, 1.82) is 0 Å². The van der Waals surface area contributed by atoms with Crippen LogP contribution in [0.3, 0.4) is 0 Å². The molecule has 92 heavy (non-hydrogen) atoms. The minimum Gasteiger partial charge on any atom is -0.509 e. The first kappa shape index (κ1) is 61.7. The Labute approximate surface area is 560 Å². The van der Waals surface area contributed by atoms with Gasteiger partial charge >= 0.3 is 0 Å². The standard InChI is InChI=1S/C84H75N4OSi2.Pt/c1-82(2,3)60-50-51-85-80(55-60)88-76-49-47-73(90(67-32-16-10-17-33-67,68-34-18-11-19-35-68)69-36-20-12-21-37-69)58-75(76)74-48-46-66(57-78(74)88)89-65-31-28-30-63(56-65)86-59-87(64-53-61(83(4,5)6)52-62(54-64)84(7,8)9)81-77(86)44-29-45-79(81)91(70-38-22-13-23-39-70,71-40-24-14-25-41-71)72-42-26-15-27-43-72;/h10-55,58-59H,1-9H3;/q-3;. The smallest absolute Gasteiger partial charge is 0.181 e. The number of ether oxygens (including phenoxy) is 1. The largest absolute Gasteiger partial charge is 0.509 e. The first-order chi connectivity index (χ1) is 44.0. The van der Waals surface area contributed by atoms with Crippen LogP contribution in [-0.2, 0) is 37.3 Å². The summed E-state index contributed by atoms with van der Waals surface area (Å²) in [5.41, 5.74) is 9.52. The Morgan fingerprint density at radius 3 is 1.37 bits per heavy atom. The third-order valence-electron chi connectivity index (χ3n) is 18.5. The zero-order valence-electron chi connectivity index (χ0n) is 53.7. The molecule has 3 heterocycles. The molecule has 8 heteroatoms. The van der Waals surface area contributed by atoms with Gasteiger partial charge in [-0.05, 0) is 116 Å². The second kappa shape index (κ2) is 24.5. The van der Waals surface area contributed by atoms with Crippen molar-refractivity contribution in [2.24, 2.45) is 0 Å². The summed E-state index contributed by atoms with van der Waals surface area (Å²) in [6.45, 7) is 23.0. The van der Waals surface area contributed by atoms with Crippen LogP contribution < -0.4 is 56.0 Å². The van der Waals surface area contributed by atoms with E-state index in [2.05, 4.69) is 368 Å². The molecule has 0 saturated heterocycles. The molecule has 0 saturated carbocycles. The molecule has 2 aromatic heterocycles. The fourth-order valence-electron chi connectivity index (χ4n) is 13.8. The van der Waals surface area contributed by atoms with Gasteiger partial charge in [0.25, 0.3) is 0 Å². The number of hydrogen-bond acceptors (Lipinski definition) is 4. The van der Waals surface area contributed by atoms with Crippen molar-refractivity contribution in [1.82, 2.24) is 9.55 Å². The molecule has 0 radical (unpaired) electrons. The fourth-order valence-corrected chi connectivity index (χ4v) is 23.6. The van der Waals surface area contributed by atoms with Gasteiger partial charge < -0.3 is 19.1 Å². The maximum atomic E-state index is 7.08. The van der Waals surface area contributed by atoms with E-state index >= 15 is 0 Å². The number of rotatable bonds is 13. The molecule has 0 unspecified atom stereocenters. The van der Waals surface area contributed by atoms with Crippen molar-refractivity contribution in [3.63, 3.8) is 0 Å². The summed E-state index contributed by atoms with van der Waals surface area (Å²) in [7, 11) is -5.98. The first-order valence-electron chi connectivity index (χ1n) is 31.8. The predicted octanol–water partition coefficient (Wildman–Crippen LogP) is 15.6. The van der Waals surface area contributed by atoms with E-state index in [0.29, 0.717) is 11.5 Å². The molecule has 1 aliphatic heterocycles. The Morgan fingerprint density at radius 1 is 0.391 bits per heavy atom. The summed E-state index contributed by atoms with van der Waals surface area (Å²) in [4.78, 5) is 9.90. The molecule has 0 N–H and O–H groups in total. The Morgan fingerprint density at radius 2 is 0.870 bits per heavy atom. The number of hydrogen-bond donors (Lipinski definition) is 0. The van der Waals surface area contributed by atoms with Gasteiger partial charge in [0, 0.05) is 61.3 Å². The van der Waals surface area contributed by atoms with Crippen LogP contribution in [0.2, 0.25) is 0 Å². The van der Waals surface area contributed by atoms with Gasteiger partial charge in [-0.3, -0.25) is 0 Å². The summed E-state index contributed by atoms with van der Waals surface area (Å²) in [6, 6.07) is 111. The van der Waals surface area contributed by atoms with Crippen molar-refractivity contribution in [3.8, 4) is 17.3 Å². The number of aromatic nitrogens is 2. The molecule has 13 aromatic rings. The van der Waals surface area contributed by atoms with E-state index < -0.39 is 16.1 Å². The quantitative estimate of drug-likeness (QED) is 0.0654. The average Bonchev–Trinajstić information content (AvgIpc) is 1.36. The summed E-state index contributed by atoms with van der Waals surface area (Å²) >= 11 is 0. The molecular weight excluding hydrogens is 1330 g/mol. The molecule has 0 amide bonds.